The van der Waals surface area contributed by atoms with Crippen LogP contribution in [0.4, 0.5) is 8.78 Å². The molecule has 0 radical (unpaired) electrons. The van der Waals surface area contributed by atoms with E-state index in [2.05, 4.69) is 10.0 Å². The van der Waals surface area contributed by atoms with Crippen LogP contribution in [-0.2, 0) is 31.0 Å². The highest BCUT2D eigenvalue weighted by molar-refractivity contribution is 7.99. The molecule has 0 bridgehead atoms. The van der Waals surface area contributed by atoms with Gasteiger partial charge in [-0.2, -0.15) is 0 Å². The van der Waals surface area contributed by atoms with Crippen molar-refractivity contribution in [3.63, 3.8) is 0 Å². The standard InChI is InChI=1S/C27H33ClF2N4O5S/c1-26(2,31)25(36)32-22(15-39-14-17-8-11-19(29)12-21(17)30)24(35)34(5)13-20-23(16-6-9-18(28)10-7-16)40(37,38)33-27(20,3)4/h6-12,22,33H,13-15,31H2,1-5H3,(H,32,36)/t22-/m1/s1. The molecule has 0 spiro atoms. The van der Waals surface area contributed by atoms with E-state index in [-0.39, 0.29) is 30.2 Å². The van der Waals surface area contributed by atoms with Gasteiger partial charge in [-0.15, -0.1) is 0 Å². The van der Waals surface area contributed by atoms with E-state index < -0.39 is 50.6 Å². The molecule has 2 amide bonds. The van der Waals surface area contributed by atoms with Crippen molar-refractivity contribution in [2.75, 3.05) is 20.2 Å². The zero-order valence-electron chi connectivity index (χ0n) is 22.8. The highest BCUT2D eigenvalue weighted by Crippen LogP contribution is 2.38. The van der Waals surface area contributed by atoms with Crippen molar-refractivity contribution < 1.29 is 31.5 Å². The van der Waals surface area contributed by atoms with E-state index in [1.807, 2.05) is 0 Å². The van der Waals surface area contributed by atoms with Gasteiger partial charge in [-0.25, -0.2) is 21.9 Å². The number of nitrogens with two attached hydrogens (primary N) is 1. The Morgan fingerprint density at radius 3 is 2.38 bits per heavy atom. The summed E-state index contributed by atoms with van der Waals surface area (Å²) in [7, 11) is -2.46. The van der Waals surface area contributed by atoms with Crippen LogP contribution in [0.3, 0.4) is 0 Å². The minimum absolute atomic E-state index is 0.0283. The van der Waals surface area contributed by atoms with Gasteiger partial charge in [0, 0.05) is 30.2 Å². The lowest BCUT2D eigenvalue weighted by molar-refractivity contribution is -0.138. The zero-order valence-corrected chi connectivity index (χ0v) is 24.4. The lowest BCUT2D eigenvalue weighted by Gasteiger charge is -2.30. The average Bonchev–Trinajstić information content (AvgIpc) is 3.01. The first kappa shape index (κ1) is 31.6. The fourth-order valence-electron chi connectivity index (χ4n) is 4.12. The third kappa shape index (κ3) is 7.43. The second kappa shape index (κ2) is 11.9. The number of ether oxygens (including phenoxy) is 1. The van der Waals surface area contributed by atoms with E-state index in [9.17, 15) is 26.8 Å². The predicted octanol–water partition coefficient (Wildman–Crippen LogP) is 2.94. The summed E-state index contributed by atoms with van der Waals surface area (Å²) in [4.78, 5) is 27.5. The Kier molecular flexibility index (Phi) is 9.42. The summed E-state index contributed by atoms with van der Waals surface area (Å²) in [5, 5.41) is 2.99. The number of amides is 2. The Morgan fingerprint density at radius 1 is 1.18 bits per heavy atom. The van der Waals surface area contributed by atoms with Crippen LogP contribution in [0.2, 0.25) is 5.02 Å². The van der Waals surface area contributed by atoms with Gasteiger partial charge in [0.25, 0.3) is 0 Å². The molecule has 1 heterocycles. The molecule has 0 aromatic heterocycles. The van der Waals surface area contributed by atoms with Crippen LogP contribution in [0.25, 0.3) is 4.91 Å². The average molecular weight is 599 g/mol. The molecule has 0 saturated carbocycles. The molecule has 13 heteroatoms. The number of rotatable bonds is 10. The number of hydrogen-bond acceptors (Lipinski definition) is 6. The zero-order chi connectivity index (χ0) is 30.0. The summed E-state index contributed by atoms with van der Waals surface area (Å²) in [5.41, 5.74) is 4.42. The topological polar surface area (TPSA) is 131 Å². The Morgan fingerprint density at radius 2 is 1.80 bits per heavy atom. The second-order valence-corrected chi connectivity index (χ2v) is 12.8. The van der Waals surface area contributed by atoms with Gasteiger partial charge >= 0.3 is 0 Å². The number of carbonyl (C=O) groups excluding carboxylic acids is 2. The normalized spacial score (nSPS) is 17.0. The van der Waals surface area contributed by atoms with Gasteiger partial charge in [-0.3, -0.25) is 9.59 Å². The minimum atomic E-state index is -3.92. The monoisotopic (exact) mass is 598 g/mol. The van der Waals surface area contributed by atoms with Gasteiger partial charge in [0.15, 0.2) is 0 Å². The van der Waals surface area contributed by atoms with Crippen LogP contribution >= 0.6 is 11.6 Å². The van der Waals surface area contributed by atoms with Crippen LogP contribution in [-0.4, -0.2) is 62.5 Å². The number of halogens is 3. The molecule has 4 N–H and O–H groups in total. The van der Waals surface area contributed by atoms with E-state index in [4.69, 9.17) is 22.1 Å². The molecule has 0 aliphatic carbocycles. The van der Waals surface area contributed by atoms with Gasteiger partial charge in [-0.1, -0.05) is 29.8 Å². The fraction of sp³-hybridized carbons (Fsp3) is 0.407. The van der Waals surface area contributed by atoms with Crippen LogP contribution in [0.15, 0.2) is 48.0 Å². The number of carbonyl (C=O) groups is 2. The van der Waals surface area contributed by atoms with Crippen LogP contribution in [0, 0.1) is 11.6 Å². The Hall–Kier alpha value is -2.90. The van der Waals surface area contributed by atoms with Crippen molar-refractivity contribution in [1.29, 1.82) is 0 Å². The molecule has 218 valence electrons. The van der Waals surface area contributed by atoms with E-state index in [1.54, 1.807) is 38.1 Å². The van der Waals surface area contributed by atoms with Gasteiger partial charge in [-0.05, 0) is 57.0 Å². The van der Waals surface area contributed by atoms with E-state index in [0.29, 0.717) is 22.2 Å². The number of nitrogens with one attached hydrogen (secondary N) is 2. The van der Waals surface area contributed by atoms with Crippen molar-refractivity contribution in [2.45, 2.75) is 51.4 Å². The van der Waals surface area contributed by atoms with Gasteiger partial charge < -0.3 is 20.7 Å². The molecule has 3 rings (SSSR count). The molecule has 0 unspecified atom stereocenters. The number of benzene rings is 2. The summed E-state index contributed by atoms with van der Waals surface area (Å²) in [6.45, 7) is 5.52. The molecule has 2 aromatic carbocycles. The molecule has 0 saturated heterocycles. The summed E-state index contributed by atoms with van der Waals surface area (Å²) >= 11 is 5.99. The highest BCUT2D eigenvalue weighted by atomic mass is 35.5. The number of hydrogen-bond donors (Lipinski definition) is 3. The lowest BCUT2D eigenvalue weighted by Crippen LogP contribution is -2.57. The summed E-state index contributed by atoms with van der Waals surface area (Å²) < 4.78 is 61.6. The lowest BCUT2D eigenvalue weighted by atomic mass is 9.92. The van der Waals surface area contributed by atoms with E-state index in [1.165, 1.54) is 31.9 Å². The molecule has 0 fully saturated rings. The number of nitrogens with zero attached hydrogens (tertiary/aromatic N) is 1. The molecule has 1 atom stereocenters. The summed E-state index contributed by atoms with van der Waals surface area (Å²) in [6.07, 6.45) is 0. The van der Waals surface area contributed by atoms with Crippen molar-refractivity contribution >= 4 is 38.3 Å². The van der Waals surface area contributed by atoms with E-state index >= 15 is 0 Å². The minimum Gasteiger partial charge on any atom is -0.374 e. The highest BCUT2D eigenvalue weighted by Gasteiger charge is 2.44. The molecule has 1 aliphatic rings. The quantitative estimate of drug-likeness (QED) is 0.385. The third-order valence-corrected chi connectivity index (χ3v) is 8.36. The molecule has 2 aromatic rings. The maximum Gasteiger partial charge on any atom is 0.247 e. The predicted molar refractivity (Wildman–Crippen MR) is 148 cm³/mol. The SMILES string of the molecule is CN(CC1=C(c2ccc(Cl)cc2)S(=O)(=O)NC1(C)C)C(=O)[C@@H](COCc1ccc(F)cc1F)NC(=O)C(C)(C)N. The van der Waals surface area contributed by atoms with Gasteiger partial charge in [0.2, 0.25) is 21.8 Å². The van der Waals surface area contributed by atoms with Crippen molar-refractivity contribution in [1.82, 2.24) is 14.9 Å². The van der Waals surface area contributed by atoms with Crippen LogP contribution in [0.5, 0.6) is 0 Å². The van der Waals surface area contributed by atoms with Gasteiger partial charge in [0.1, 0.15) is 17.7 Å². The Bertz CT molecular complexity index is 1420. The van der Waals surface area contributed by atoms with Crippen LogP contribution in [0.1, 0.15) is 38.8 Å². The largest absolute Gasteiger partial charge is 0.374 e. The Labute approximate surface area is 237 Å². The maximum atomic E-state index is 14.0. The molecule has 9 nitrogen and oxygen atoms in total. The van der Waals surface area contributed by atoms with Crippen molar-refractivity contribution in [3.05, 3.63) is 75.8 Å². The molecule has 40 heavy (non-hydrogen) atoms. The fourth-order valence-corrected chi connectivity index (χ4v) is 6.23. The van der Waals surface area contributed by atoms with Crippen molar-refractivity contribution in [3.8, 4) is 0 Å². The first-order valence-electron chi connectivity index (χ1n) is 12.3. The summed E-state index contributed by atoms with van der Waals surface area (Å²) in [5.74, 6) is -2.79. The maximum absolute atomic E-state index is 14.0. The first-order chi connectivity index (χ1) is 18.4. The van der Waals surface area contributed by atoms with Gasteiger partial charge in [0.05, 0.1) is 29.2 Å². The number of likely N-dealkylation sites (N-methyl/N-ethyl adjacent to an activating group) is 1. The number of sulfonamides is 1. The molecular weight excluding hydrogens is 566 g/mol. The van der Waals surface area contributed by atoms with E-state index in [0.717, 1.165) is 6.07 Å². The molecular formula is C27H33ClF2N4O5S. The van der Waals surface area contributed by atoms with Crippen molar-refractivity contribution in [2.24, 2.45) is 5.73 Å². The van der Waals surface area contributed by atoms with Crippen LogP contribution < -0.4 is 15.8 Å². The second-order valence-electron chi connectivity index (χ2n) is 10.7. The Balaban J connectivity index is 1.88. The molecule has 1 aliphatic heterocycles. The first-order valence-corrected chi connectivity index (χ1v) is 14.2. The summed E-state index contributed by atoms with van der Waals surface area (Å²) in [6, 6.07) is 8.06. The third-order valence-electron chi connectivity index (χ3n) is 6.31. The smallest absolute Gasteiger partial charge is 0.247 e.